The van der Waals surface area contributed by atoms with Crippen molar-refractivity contribution >= 4 is 28.3 Å². The monoisotopic (exact) mass is 539 g/mol. The van der Waals surface area contributed by atoms with Crippen molar-refractivity contribution in [3.63, 3.8) is 0 Å². The summed E-state index contributed by atoms with van der Waals surface area (Å²) < 4.78 is 17.2. The number of carbonyl (C=O) groups is 1. The molecule has 4 rings (SSSR count). The Morgan fingerprint density at radius 2 is 1.57 bits per heavy atom. The topological polar surface area (TPSA) is 109 Å². The van der Waals surface area contributed by atoms with Gasteiger partial charge in [0.2, 0.25) is 0 Å². The zero-order valence-electron chi connectivity index (χ0n) is 22.9. The Morgan fingerprint density at radius 1 is 0.925 bits per heavy atom. The second-order valence-corrected chi connectivity index (χ2v) is 8.95. The van der Waals surface area contributed by atoms with Crippen molar-refractivity contribution in [2.45, 2.75) is 20.3 Å². The summed E-state index contributed by atoms with van der Waals surface area (Å²) in [5, 5.41) is 16.0. The molecule has 40 heavy (non-hydrogen) atoms. The number of fused-ring (bicyclic) bond motifs is 1. The van der Waals surface area contributed by atoms with Crippen LogP contribution in [0.4, 0.5) is 16.2 Å². The zero-order valence-corrected chi connectivity index (χ0v) is 22.9. The summed E-state index contributed by atoms with van der Waals surface area (Å²) >= 11 is 0. The van der Waals surface area contributed by atoms with E-state index in [1.165, 1.54) is 0 Å². The minimum absolute atomic E-state index is 0.367. The van der Waals surface area contributed by atoms with Crippen molar-refractivity contribution in [3.8, 4) is 29.1 Å². The van der Waals surface area contributed by atoms with E-state index in [0.717, 1.165) is 26.1 Å². The van der Waals surface area contributed by atoms with E-state index in [-0.39, 0.29) is 6.03 Å². The number of carbonyl (C=O) groups excluding carboxylic acids is 1. The molecule has 206 valence electrons. The van der Waals surface area contributed by atoms with E-state index in [9.17, 15) is 10.1 Å². The van der Waals surface area contributed by atoms with Crippen LogP contribution in [0.25, 0.3) is 10.9 Å². The molecule has 0 unspecified atom stereocenters. The Morgan fingerprint density at radius 3 is 2.17 bits per heavy atom. The van der Waals surface area contributed by atoms with E-state index >= 15 is 0 Å². The molecule has 0 aliphatic carbocycles. The fraction of sp³-hybridized carbons (Fsp3) is 0.258. The number of amides is 2. The maximum absolute atomic E-state index is 12.4. The van der Waals surface area contributed by atoms with Gasteiger partial charge in [0.25, 0.3) is 0 Å². The highest BCUT2D eigenvalue weighted by Gasteiger charge is 2.12. The summed E-state index contributed by atoms with van der Waals surface area (Å²) in [5.41, 5.74) is 2.35. The van der Waals surface area contributed by atoms with Crippen molar-refractivity contribution in [1.82, 2.24) is 9.88 Å². The predicted molar refractivity (Wildman–Crippen MR) is 157 cm³/mol. The second kappa shape index (κ2) is 13.8. The van der Waals surface area contributed by atoms with Gasteiger partial charge in [-0.1, -0.05) is 13.8 Å². The SMILES string of the molecule is CCN(CC)CCCOc1cc2nccc(Oc3ccc(NC(=O)Nc4ccc(OC)cc4)cc3)c2cc1C#N. The lowest BCUT2D eigenvalue weighted by atomic mass is 10.1. The van der Waals surface area contributed by atoms with Crippen LogP contribution in [0.1, 0.15) is 25.8 Å². The smallest absolute Gasteiger partial charge is 0.323 e. The van der Waals surface area contributed by atoms with Gasteiger partial charge >= 0.3 is 6.03 Å². The molecule has 0 radical (unpaired) electrons. The standard InChI is InChI=1S/C31H33N5O4/c1-4-36(5-2)17-6-18-39-30-20-28-27(19-22(30)21-32)29(15-16-33-28)40-26-13-9-24(10-14-26)35-31(37)34-23-7-11-25(38-3)12-8-23/h7-16,19-20H,4-6,17-18H2,1-3H3,(H2,34,35,37). The minimum Gasteiger partial charge on any atom is -0.497 e. The van der Waals surface area contributed by atoms with Crippen LogP contribution >= 0.6 is 0 Å². The molecule has 9 heteroatoms. The third-order valence-electron chi connectivity index (χ3n) is 6.38. The first kappa shape index (κ1) is 28.2. The Bertz CT molecular complexity index is 1460. The first-order valence-corrected chi connectivity index (χ1v) is 13.2. The molecule has 2 amide bonds. The van der Waals surface area contributed by atoms with Crippen molar-refractivity contribution in [2.24, 2.45) is 0 Å². The zero-order chi connectivity index (χ0) is 28.3. The molecule has 1 aromatic heterocycles. The lowest BCUT2D eigenvalue weighted by molar-refractivity contribution is 0.249. The average Bonchev–Trinajstić information content (AvgIpc) is 2.98. The van der Waals surface area contributed by atoms with Gasteiger partial charge < -0.3 is 29.7 Å². The van der Waals surface area contributed by atoms with Crippen molar-refractivity contribution in [2.75, 3.05) is 44.0 Å². The summed E-state index contributed by atoms with van der Waals surface area (Å²) in [5.74, 6) is 2.36. The molecule has 4 aromatic rings. The van der Waals surface area contributed by atoms with Crippen LogP contribution in [-0.4, -0.2) is 49.3 Å². The fourth-order valence-corrected chi connectivity index (χ4v) is 4.16. The first-order valence-electron chi connectivity index (χ1n) is 13.2. The van der Waals surface area contributed by atoms with Gasteiger partial charge in [0.05, 0.1) is 24.8 Å². The number of methoxy groups -OCH3 is 1. The number of benzene rings is 3. The first-order chi connectivity index (χ1) is 19.5. The highest BCUT2D eigenvalue weighted by Crippen LogP contribution is 2.33. The molecule has 0 saturated carbocycles. The third-order valence-corrected chi connectivity index (χ3v) is 6.38. The molecule has 0 aliphatic heterocycles. The van der Waals surface area contributed by atoms with Crippen LogP contribution in [0.5, 0.6) is 23.0 Å². The van der Waals surface area contributed by atoms with Crippen molar-refractivity contribution < 1.29 is 19.0 Å². The maximum Gasteiger partial charge on any atom is 0.323 e. The molecule has 1 heterocycles. The summed E-state index contributed by atoms with van der Waals surface area (Å²) in [4.78, 5) is 19.1. The van der Waals surface area contributed by atoms with Gasteiger partial charge in [0.1, 0.15) is 29.1 Å². The molecule has 0 fully saturated rings. The molecule has 0 saturated heterocycles. The number of hydrogen-bond acceptors (Lipinski definition) is 7. The van der Waals surface area contributed by atoms with Gasteiger partial charge in [-0.25, -0.2) is 4.79 Å². The fourth-order valence-electron chi connectivity index (χ4n) is 4.16. The van der Waals surface area contributed by atoms with Crippen LogP contribution in [0.15, 0.2) is 72.9 Å². The minimum atomic E-state index is -0.367. The second-order valence-electron chi connectivity index (χ2n) is 8.95. The molecule has 0 aliphatic rings. The molecular formula is C31H33N5O4. The molecule has 2 N–H and O–H groups in total. The van der Waals surface area contributed by atoms with Gasteiger partial charge in [-0.15, -0.1) is 0 Å². The molecular weight excluding hydrogens is 506 g/mol. The van der Waals surface area contributed by atoms with E-state index in [1.54, 1.807) is 80.0 Å². The summed E-state index contributed by atoms with van der Waals surface area (Å²) in [7, 11) is 1.59. The lowest BCUT2D eigenvalue weighted by Crippen LogP contribution is -2.25. The van der Waals surface area contributed by atoms with Gasteiger partial charge in [0, 0.05) is 35.6 Å². The van der Waals surface area contributed by atoms with Crippen molar-refractivity contribution in [3.05, 3.63) is 78.5 Å². The van der Waals surface area contributed by atoms with Crippen LogP contribution in [-0.2, 0) is 0 Å². The summed E-state index contributed by atoms with van der Waals surface area (Å²) in [6.45, 7) is 7.75. The maximum atomic E-state index is 12.4. The van der Waals surface area contributed by atoms with Gasteiger partial charge in [0.15, 0.2) is 0 Å². The number of ether oxygens (including phenoxy) is 3. The highest BCUT2D eigenvalue weighted by atomic mass is 16.5. The summed E-state index contributed by atoms with van der Waals surface area (Å²) in [6.07, 6.45) is 2.53. The Balaban J connectivity index is 1.40. The average molecular weight is 540 g/mol. The van der Waals surface area contributed by atoms with E-state index in [4.69, 9.17) is 14.2 Å². The van der Waals surface area contributed by atoms with Gasteiger partial charge in [-0.2, -0.15) is 5.26 Å². The number of urea groups is 1. The van der Waals surface area contributed by atoms with E-state index in [2.05, 4.69) is 40.4 Å². The number of anilines is 2. The number of hydrogen-bond donors (Lipinski definition) is 2. The van der Waals surface area contributed by atoms with Crippen LogP contribution < -0.4 is 24.8 Å². The van der Waals surface area contributed by atoms with Crippen LogP contribution in [0, 0.1) is 11.3 Å². The number of rotatable bonds is 12. The quantitative estimate of drug-likeness (QED) is 0.194. The lowest BCUT2D eigenvalue weighted by Gasteiger charge is -2.18. The number of nitrogens with zero attached hydrogens (tertiary/aromatic N) is 3. The van der Waals surface area contributed by atoms with Crippen LogP contribution in [0.2, 0.25) is 0 Å². The van der Waals surface area contributed by atoms with Crippen molar-refractivity contribution in [1.29, 1.82) is 5.26 Å². The predicted octanol–water partition coefficient (Wildman–Crippen LogP) is 6.66. The molecule has 0 bridgehead atoms. The number of aromatic nitrogens is 1. The number of nitrogens with one attached hydrogen (secondary N) is 2. The van der Waals surface area contributed by atoms with Gasteiger partial charge in [-0.3, -0.25) is 4.98 Å². The molecule has 9 nitrogen and oxygen atoms in total. The molecule has 3 aromatic carbocycles. The van der Waals surface area contributed by atoms with E-state index < -0.39 is 0 Å². The largest absolute Gasteiger partial charge is 0.497 e. The molecule has 0 spiro atoms. The molecule has 0 atom stereocenters. The van der Waals surface area contributed by atoms with E-state index in [0.29, 0.717) is 57.4 Å². The number of nitriles is 1. The summed E-state index contributed by atoms with van der Waals surface area (Å²) in [6, 6.07) is 21.2. The third kappa shape index (κ3) is 7.40. The van der Waals surface area contributed by atoms with Gasteiger partial charge in [-0.05, 0) is 80.2 Å². The van der Waals surface area contributed by atoms with E-state index in [1.807, 2.05) is 0 Å². The Hall–Kier alpha value is -4.81. The number of pyridine rings is 1. The highest BCUT2D eigenvalue weighted by molar-refractivity contribution is 5.99. The Labute approximate surface area is 234 Å². The normalized spacial score (nSPS) is 10.7. The van der Waals surface area contributed by atoms with Crippen LogP contribution in [0.3, 0.4) is 0 Å². The Kier molecular flexibility index (Phi) is 9.75.